The molecule has 0 saturated carbocycles. The minimum atomic E-state index is -4.80. The van der Waals surface area contributed by atoms with E-state index in [4.69, 9.17) is 5.26 Å². The lowest BCUT2D eigenvalue weighted by Crippen LogP contribution is -2.12. The highest BCUT2D eigenvalue weighted by Gasteiger charge is 2.36. The molecule has 0 spiro atoms. The summed E-state index contributed by atoms with van der Waals surface area (Å²) in [5.74, 6) is 0. The van der Waals surface area contributed by atoms with E-state index < -0.39 is 35.0 Å². The third-order valence-electron chi connectivity index (χ3n) is 1.97. The molecule has 0 atom stereocenters. The molecule has 0 fully saturated rings. The highest BCUT2D eigenvalue weighted by atomic mass is 79.9. The first-order valence-corrected chi connectivity index (χ1v) is 5.28. The fourth-order valence-corrected chi connectivity index (χ4v) is 1.80. The average molecular weight is 315 g/mol. The molecule has 1 aromatic rings. The molecule has 17 heavy (non-hydrogen) atoms. The number of hydrogen-bond acceptors (Lipinski definition) is 2. The van der Waals surface area contributed by atoms with Gasteiger partial charge >= 0.3 is 6.18 Å². The fraction of sp³-hybridized carbons (Fsp3) is 0.333. The maximum Gasteiger partial charge on any atom is 0.419 e. The van der Waals surface area contributed by atoms with Gasteiger partial charge in [-0.1, -0.05) is 15.9 Å². The molecule has 92 valence electrons. The van der Waals surface area contributed by atoms with Gasteiger partial charge in [-0.3, -0.25) is 4.98 Å². The highest BCUT2D eigenvalue weighted by Crippen LogP contribution is 2.35. The molecule has 1 heterocycles. The predicted molar refractivity (Wildman–Crippen MR) is 51.5 cm³/mol. The maximum atomic E-state index is 12.5. The van der Waals surface area contributed by atoms with Crippen LogP contribution < -0.4 is 0 Å². The van der Waals surface area contributed by atoms with Crippen LogP contribution >= 0.6 is 15.9 Å². The van der Waals surface area contributed by atoms with Gasteiger partial charge < -0.3 is 0 Å². The van der Waals surface area contributed by atoms with Gasteiger partial charge in [0.1, 0.15) is 11.8 Å². The Balaban J connectivity index is 3.56. The molecule has 0 aliphatic carbocycles. The van der Waals surface area contributed by atoms with Crippen molar-refractivity contribution in [1.29, 1.82) is 5.26 Å². The standard InChI is InChI=1S/C9H4BrF5N2/c10-1-4-5(2-16)6(9(13,14)15)3-17-7(4)8(11)12/h3,8H,1H2. The van der Waals surface area contributed by atoms with E-state index in [0.717, 1.165) is 0 Å². The number of alkyl halides is 6. The van der Waals surface area contributed by atoms with Crippen LogP contribution in [-0.2, 0) is 11.5 Å². The van der Waals surface area contributed by atoms with Crippen LogP contribution in [0, 0.1) is 11.3 Å². The summed E-state index contributed by atoms with van der Waals surface area (Å²) in [7, 11) is 0. The second kappa shape index (κ2) is 4.96. The van der Waals surface area contributed by atoms with Gasteiger partial charge in [-0.15, -0.1) is 0 Å². The molecule has 0 radical (unpaired) electrons. The van der Waals surface area contributed by atoms with Crippen molar-refractivity contribution in [2.24, 2.45) is 0 Å². The molecular formula is C9H4BrF5N2. The van der Waals surface area contributed by atoms with E-state index in [2.05, 4.69) is 20.9 Å². The molecule has 0 saturated heterocycles. The number of pyridine rings is 1. The topological polar surface area (TPSA) is 36.7 Å². The summed E-state index contributed by atoms with van der Waals surface area (Å²) < 4.78 is 62.4. The van der Waals surface area contributed by atoms with E-state index in [1.165, 1.54) is 6.07 Å². The van der Waals surface area contributed by atoms with Crippen molar-refractivity contribution >= 4 is 15.9 Å². The lowest BCUT2D eigenvalue weighted by Gasteiger charge is -2.13. The van der Waals surface area contributed by atoms with Gasteiger partial charge in [0.05, 0.1) is 11.1 Å². The molecule has 1 rings (SSSR count). The molecule has 0 N–H and O–H groups in total. The molecule has 8 heteroatoms. The summed E-state index contributed by atoms with van der Waals surface area (Å²) in [4.78, 5) is 3.07. The van der Waals surface area contributed by atoms with E-state index in [9.17, 15) is 22.0 Å². The van der Waals surface area contributed by atoms with Crippen molar-refractivity contribution in [2.45, 2.75) is 17.9 Å². The number of hydrogen-bond donors (Lipinski definition) is 0. The third kappa shape index (κ3) is 2.72. The Morgan fingerprint density at radius 3 is 2.35 bits per heavy atom. The second-order valence-corrected chi connectivity index (χ2v) is 3.52. The molecule has 0 amide bonds. The lowest BCUT2D eigenvalue weighted by atomic mass is 10.0. The van der Waals surface area contributed by atoms with Crippen molar-refractivity contribution in [3.05, 3.63) is 28.6 Å². The normalized spacial score (nSPS) is 11.6. The summed E-state index contributed by atoms with van der Waals surface area (Å²) in [5, 5.41) is 8.36. The Kier molecular flexibility index (Phi) is 4.03. The zero-order valence-electron chi connectivity index (χ0n) is 8.02. The maximum absolute atomic E-state index is 12.5. The van der Waals surface area contributed by atoms with Gasteiger partial charge in [0, 0.05) is 17.1 Å². The summed E-state index contributed by atoms with van der Waals surface area (Å²) in [5.41, 5.74) is -3.37. The Labute approximate surface area is 101 Å². The molecule has 0 bridgehead atoms. The van der Waals surface area contributed by atoms with Crippen molar-refractivity contribution in [2.75, 3.05) is 0 Å². The van der Waals surface area contributed by atoms with Crippen LogP contribution in [0.1, 0.15) is 28.8 Å². The quantitative estimate of drug-likeness (QED) is 0.615. The number of rotatable bonds is 2. The first-order chi connectivity index (χ1) is 7.82. The first-order valence-electron chi connectivity index (χ1n) is 4.16. The fourth-order valence-electron chi connectivity index (χ4n) is 1.23. The van der Waals surface area contributed by atoms with Crippen LogP contribution in [0.15, 0.2) is 6.20 Å². The van der Waals surface area contributed by atoms with E-state index in [1.54, 1.807) is 0 Å². The van der Waals surface area contributed by atoms with Gasteiger partial charge in [0.25, 0.3) is 6.43 Å². The Morgan fingerprint density at radius 1 is 1.41 bits per heavy atom. The summed E-state index contributed by atoms with van der Waals surface area (Å²) >= 11 is 2.78. The number of aromatic nitrogens is 1. The Morgan fingerprint density at radius 2 is 2.00 bits per heavy atom. The zero-order chi connectivity index (χ0) is 13.2. The summed E-state index contributed by atoms with van der Waals surface area (Å²) in [6.07, 6.45) is -7.57. The van der Waals surface area contributed by atoms with E-state index in [0.29, 0.717) is 0 Å². The molecule has 1 aromatic heterocycles. The molecular weight excluding hydrogens is 311 g/mol. The van der Waals surface area contributed by atoms with Gasteiger partial charge in [0.2, 0.25) is 0 Å². The van der Waals surface area contributed by atoms with E-state index in [1.807, 2.05) is 0 Å². The van der Waals surface area contributed by atoms with Crippen LogP contribution in [0.4, 0.5) is 22.0 Å². The summed E-state index contributed by atoms with van der Waals surface area (Å²) in [6.45, 7) is 0. The molecule has 0 aromatic carbocycles. The third-order valence-corrected chi connectivity index (χ3v) is 2.53. The Bertz CT molecular complexity index is 464. The predicted octanol–water partition coefficient (Wildman–Crippen LogP) is 3.80. The van der Waals surface area contributed by atoms with Crippen LogP contribution in [-0.4, -0.2) is 4.98 Å². The minimum Gasteiger partial charge on any atom is -0.254 e. The number of nitriles is 1. The minimum absolute atomic E-state index is 0.256. The zero-order valence-corrected chi connectivity index (χ0v) is 9.61. The van der Waals surface area contributed by atoms with Gasteiger partial charge in [0.15, 0.2) is 0 Å². The van der Waals surface area contributed by atoms with Gasteiger partial charge in [-0.25, -0.2) is 8.78 Å². The van der Waals surface area contributed by atoms with Crippen molar-refractivity contribution in [1.82, 2.24) is 4.98 Å². The Hall–Kier alpha value is -1.23. The molecule has 2 nitrogen and oxygen atoms in total. The monoisotopic (exact) mass is 314 g/mol. The molecule has 0 aliphatic rings. The van der Waals surface area contributed by atoms with Crippen LogP contribution in [0.25, 0.3) is 0 Å². The molecule has 0 aliphatic heterocycles. The second-order valence-electron chi connectivity index (χ2n) is 2.95. The lowest BCUT2D eigenvalue weighted by molar-refractivity contribution is -0.138. The molecule has 0 unspecified atom stereocenters. The number of halogens is 6. The van der Waals surface area contributed by atoms with Crippen LogP contribution in [0.3, 0.4) is 0 Å². The van der Waals surface area contributed by atoms with Crippen LogP contribution in [0.2, 0.25) is 0 Å². The largest absolute Gasteiger partial charge is 0.419 e. The highest BCUT2D eigenvalue weighted by molar-refractivity contribution is 9.08. The first kappa shape index (κ1) is 13.8. The van der Waals surface area contributed by atoms with Crippen molar-refractivity contribution in [3.63, 3.8) is 0 Å². The summed E-state index contributed by atoms with van der Waals surface area (Å²) in [6, 6.07) is 1.29. The van der Waals surface area contributed by atoms with E-state index >= 15 is 0 Å². The van der Waals surface area contributed by atoms with Gasteiger partial charge in [-0.05, 0) is 0 Å². The van der Waals surface area contributed by atoms with Crippen LogP contribution in [0.5, 0.6) is 0 Å². The van der Waals surface area contributed by atoms with Crippen molar-refractivity contribution < 1.29 is 22.0 Å². The van der Waals surface area contributed by atoms with E-state index in [-0.39, 0.29) is 11.5 Å². The van der Waals surface area contributed by atoms with Gasteiger partial charge in [-0.2, -0.15) is 18.4 Å². The average Bonchev–Trinajstić information content (AvgIpc) is 2.25. The van der Waals surface area contributed by atoms with Crippen molar-refractivity contribution in [3.8, 4) is 6.07 Å². The number of nitrogens with zero attached hydrogens (tertiary/aromatic N) is 2. The smallest absolute Gasteiger partial charge is 0.254 e. The SMILES string of the molecule is N#Cc1c(C(F)(F)F)cnc(C(F)F)c1CBr.